The van der Waals surface area contributed by atoms with Crippen LogP contribution in [-0.2, 0) is 0 Å². The molecule has 5 nitrogen and oxygen atoms in total. The van der Waals surface area contributed by atoms with Gasteiger partial charge in [0.05, 0.1) is 17.3 Å². The quantitative estimate of drug-likeness (QED) is 0.819. The molecule has 5 heteroatoms. The summed E-state index contributed by atoms with van der Waals surface area (Å²) in [6, 6.07) is 9.51. The number of hydrogen-bond donors (Lipinski definition) is 2. The maximum absolute atomic E-state index is 12.0. The number of fused-ring (bicyclic) bond motifs is 1. The first-order valence-corrected chi connectivity index (χ1v) is 6.69. The molecule has 0 unspecified atom stereocenters. The molecule has 0 aliphatic carbocycles. The van der Waals surface area contributed by atoms with E-state index in [4.69, 9.17) is 0 Å². The van der Waals surface area contributed by atoms with Crippen LogP contribution in [0.25, 0.3) is 10.9 Å². The number of aromatic nitrogens is 1. The molecule has 2 aromatic rings. The molecule has 3 rings (SSSR count). The van der Waals surface area contributed by atoms with Crippen molar-refractivity contribution in [3.8, 4) is 6.07 Å². The molecule has 1 aliphatic heterocycles. The molecule has 0 saturated carbocycles. The summed E-state index contributed by atoms with van der Waals surface area (Å²) >= 11 is 0. The molecule has 2 N–H and O–H groups in total. The number of pyridine rings is 1. The van der Waals surface area contributed by atoms with E-state index in [9.17, 15) is 15.2 Å². The summed E-state index contributed by atoms with van der Waals surface area (Å²) in [5, 5.41) is 19.8. The van der Waals surface area contributed by atoms with Crippen molar-refractivity contribution in [3.05, 3.63) is 40.2 Å². The number of H-pyrrole nitrogens is 1. The third kappa shape index (κ3) is 2.04. The Morgan fingerprint density at radius 3 is 2.70 bits per heavy atom. The zero-order chi connectivity index (χ0) is 14.1. The Hall–Kier alpha value is -2.32. The van der Waals surface area contributed by atoms with E-state index < -0.39 is 0 Å². The number of aliphatic hydroxyl groups excluding tert-OH is 1. The van der Waals surface area contributed by atoms with Crippen molar-refractivity contribution >= 4 is 16.6 Å². The van der Waals surface area contributed by atoms with Crippen LogP contribution in [0.5, 0.6) is 0 Å². The van der Waals surface area contributed by atoms with Gasteiger partial charge in [-0.1, -0.05) is 18.2 Å². The van der Waals surface area contributed by atoms with Crippen LogP contribution < -0.4 is 10.5 Å². The lowest BCUT2D eigenvalue weighted by Gasteiger charge is -2.32. The predicted molar refractivity (Wildman–Crippen MR) is 76.7 cm³/mol. The van der Waals surface area contributed by atoms with Gasteiger partial charge >= 0.3 is 0 Å². The summed E-state index contributed by atoms with van der Waals surface area (Å²) in [5.41, 5.74) is 1.23. The largest absolute Gasteiger partial charge is 0.393 e. The lowest BCUT2D eigenvalue weighted by molar-refractivity contribution is 0.145. The number of aliphatic hydroxyl groups is 1. The van der Waals surface area contributed by atoms with Gasteiger partial charge in [0, 0.05) is 18.5 Å². The van der Waals surface area contributed by atoms with Crippen LogP contribution in [0, 0.1) is 11.3 Å². The van der Waals surface area contributed by atoms with Crippen molar-refractivity contribution in [2.75, 3.05) is 18.0 Å². The Bertz CT molecular complexity index is 737. The number of nitriles is 1. The van der Waals surface area contributed by atoms with Crippen LogP contribution >= 0.6 is 0 Å². The smallest absolute Gasteiger partial charge is 0.268 e. The van der Waals surface area contributed by atoms with E-state index in [0.29, 0.717) is 31.6 Å². The van der Waals surface area contributed by atoms with Crippen molar-refractivity contribution in [1.29, 1.82) is 5.26 Å². The van der Waals surface area contributed by atoms with E-state index in [2.05, 4.69) is 4.98 Å². The fourth-order valence-corrected chi connectivity index (χ4v) is 2.75. The minimum absolute atomic E-state index is 0.153. The number of aromatic amines is 1. The van der Waals surface area contributed by atoms with E-state index in [-0.39, 0.29) is 17.2 Å². The summed E-state index contributed by atoms with van der Waals surface area (Å²) in [6.07, 6.45) is 1.03. The molecular formula is C15H15N3O2. The Kier molecular flexibility index (Phi) is 3.17. The van der Waals surface area contributed by atoms with Gasteiger partial charge in [-0.05, 0) is 18.9 Å². The third-order valence-electron chi connectivity index (χ3n) is 3.79. The number of piperidine rings is 1. The highest BCUT2D eigenvalue weighted by Crippen LogP contribution is 2.29. The number of para-hydroxylation sites is 1. The van der Waals surface area contributed by atoms with Gasteiger partial charge in [0.25, 0.3) is 5.56 Å². The van der Waals surface area contributed by atoms with E-state index in [0.717, 1.165) is 10.9 Å². The highest BCUT2D eigenvalue weighted by Gasteiger charge is 2.23. The highest BCUT2D eigenvalue weighted by atomic mass is 16.3. The first-order chi connectivity index (χ1) is 9.70. The number of benzene rings is 1. The van der Waals surface area contributed by atoms with Crippen LogP contribution in [0.2, 0.25) is 0 Å². The van der Waals surface area contributed by atoms with Crippen LogP contribution in [-0.4, -0.2) is 29.3 Å². The van der Waals surface area contributed by atoms with Gasteiger partial charge in [-0.3, -0.25) is 4.79 Å². The van der Waals surface area contributed by atoms with Gasteiger partial charge in [0.2, 0.25) is 0 Å². The van der Waals surface area contributed by atoms with Crippen molar-refractivity contribution in [3.63, 3.8) is 0 Å². The number of nitrogens with one attached hydrogen (secondary N) is 1. The summed E-state index contributed by atoms with van der Waals surface area (Å²) < 4.78 is 0. The first kappa shape index (κ1) is 12.7. The number of nitrogens with zero attached hydrogens (tertiary/aromatic N) is 2. The maximum atomic E-state index is 12.0. The van der Waals surface area contributed by atoms with Gasteiger partial charge in [-0.2, -0.15) is 5.26 Å². The summed E-state index contributed by atoms with van der Waals surface area (Å²) in [4.78, 5) is 16.8. The molecular weight excluding hydrogens is 254 g/mol. The fourth-order valence-electron chi connectivity index (χ4n) is 2.75. The van der Waals surface area contributed by atoms with Crippen molar-refractivity contribution in [1.82, 2.24) is 4.98 Å². The van der Waals surface area contributed by atoms with Gasteiger partial charge in [-0.15, -0.1) is 0 Å². The minimum atomic E-state index is -0.354. The molecule has 1 aliphatic rings. The van der Waals surface area contributed by atoms with Crippen LogP contribution in [0.4, 0.5) is 5.69 Å². The Morgan fingerprint density at radius 1 is 1.30 bits per heavy atom. The Balaban J connectivity index is 2.22. The number of anilines is 1. The number of rotatable bonds is 1. The third-order valence-corrected chi connectivity index (χ3v) is 3.79. The van der Waals surface area contributed by atoms with E-state index in [1.807, 2.05) is 35.2 Å². The van der Waals surface area contributed by atoms with E-state index >= 15 is 0 Å². The second-order valence-corrected chi connectivity index (χ2v) is 5.05. The predicted octanol–water partition coefficient (Wildman–Crippen LogP) is 1.36. The second-order valence-electron chi connectivity index (χ2n) is 5.05. The molecule has 0 atom stereocenters. The van der Waals surface area contributed by atoms with Crippen LogP contribution in [0.1, 0.15) is 18.4 Å². The van der Waals surface area contributed by atoms with E-state index in [1.165, 1.54) is 0 Å². The highest BCUT2D eigenvalue weighted by molar-refractivity contribution is 5.94. The normalized spacial score (nSPS) is 16.3. The summed E-state index contributed by atoms with van der Waals surface area (Å²) in [5.74, 6) is 0. The molecule has 0 bridgehead atoms. The standard InChI is InChI=1S/C15H15N3O2/c16-9-12-14(18-7-5-10(19)6-8-18)11-3-1-2-4-13(11)17-15(12)20/h1-4,10,19H,5-8H2,(H,17,20). The average Bonchev–Trinajstić information content (AvgIpc) is 2.47. The zero-order valence-corrected chi connectivity index (χ0v) is 11.0. The van der Waals surface area contributed by atoms with Crippen LogP contribution in [0.15, 0.2) is 29.1 Å². The molecule has 102 valence electrons. The number of hydrogen-bond acceptors (Lipinski definition) is 4. The topological polar surface area (TPSA) is 80.1 Å². The lowest BCUT2D eigenvalue weighted by atomic mass is 10.0. The SMILES string of the molecule is N#Cc1c(N2CCC(O)CC2)c2ccccc2[nH]c1=O. The monoisotopic (exact) mass is 269 g/mol. The molecule has 0 spiro atoms. The fraction of sp³-hybridized carbons (Fsp3) is 0.333. The first-order valence-electron chi connectivity index (χ1n) is 6.69. The van der Waals surface area contributed by atoms with Gasteiger partial charge in [-0.25, -0.2) is 0 Å². The van der Waals surface area contributed by atoms with Crippen molar-refractivity contribution < 1.29 is 5.11 Å². The molecule has 0 radical (unpaired) electrons. The van der Waals surface area contributed by atoms with Gasteiger partial charge in [0.15, 0.2) is 0 Å². The lowest BCUT2D eigenvalue weighted by Crippen LogP contribution is -2.37. The Labute approximate surface area is 116 Å². The minimum Gasteiger partial charge on any atom is -0.393 e. The molecule has 0 amide bonds. The van der Waals surface area contributed by atoms with Crippen LogP contribution in [0.3, 0.4) is 0 Å². The molecule has 1 aromatic heterocycles. The summed E-state index contributed by atoms with van der Waals surface area (Å²) in [7, 11) is 0. The maximum Gasteiger partial charge on any atom is 0.268 e. The molecule has 2 heterocycles. The molecule has 20 heavy (non-hydrogen) atoms. The van der Waals surface area contributed by atoms with Crippen molar-refractivity contribution in [2.24, 2.45) is 0 Å². The van der Waals surface area contributed by atoms with Crippen molar-refractivity contribution in [2.45, 2.75) is 18.9 Å². The Morgan fingerprint density at radius 2 is 2.00 bits per heavy atom. The summed E-state index contributed by atoms with van der Waals surface area (Å²) in [6.45, 7) is 1.31. The second kappa shape index (κ2) is 4.99. The molecule has 1 fully saturated rings. The molecule has 1 aromatic carbocycles. The average molecular weight is 269 g/mol. The van der Waals surface area contributed by atoms with Gasteiger partial charge < -0.3 is 15.0 Å². The molecule has 1 saturated heterocycles. The van der Waals surface area contributed by atoms with E-state index in [1.54, 1.807) is 0 Å². The van der Waals surface area contributed by atoms with Gasteiger partial charge in [0.1, 0.15) is 11.6 Å². The zero-order valence-electron chi connectivity index (χ0n) is 11.0.